The van der Waals surface area contributed by atoms with Crippen molar-refractivity contribution in [3.8, 4) is 0 Å². The summed E-state index contributed by atoms with van der Waals surface area (Å²) in [6.45, 7) is 9.20. The summed E-state index contributed by atoms with van der Waals surface area (Å²) in [7, 11) is 0. The number of rotatable bonds is 0. The van der Waals surface area contributed by atoms with E-state index in [0.717, 1.165) is 5.92 Å². The molecule has 2 aliphatic carbocycles. The molecule has 1 unspecified atom stereocenters. The topological polar surface area (TPSA) is 0 Å². The van der Waals surface area contributed by atoms with Crippen molar-refractivity contribution in [1.82, 2.24) is 0 Å². The first-order valence-corrected chi connectivity index (χ1v) is 6.14. The van der Waals surface area contributed by atoms with Crippen molar-refractivity contribution in [2.24, 2.45) is 5.92 Å². The van der Waals surface area contributed by atoms with Crippen LogP contribution in [0.25, 0.3) is 0 Å². The van der Waals surface area contributed by atoms with E-state index in [9.17, 15) is 0 Å². The van der Waals surface area contributed by atoms with Crippen molar-refractivity contribution in [2.45, 2.75) is 53.4 Å². The van der Waals surface area contributed by atoms with Crippen molar-refractivity contribution in [1.29, 1.82) is 0 Å². The molecule has 0 fully saturated rings. The van der Waals surface area contributed by atoms with Gasteiger partial charge in [-0.2, -0.15) is 0 Å². The zero-order valence-corrected chi connectivity index (χ0v) is 10.5. The van der Waals surface area contributed by atoms with E-state index in [0.29, 0.717) is 0 Å². The standard InChI is InChI=1S/C15H22/c1-10(2)13-8-6-12(4)14-7-5-11(3)9-15(13)14/h5,12H,6-9H2,1-4H3. The van der Waals surface area contributed by atoms with Crippen molar-refractivity contribution in [3.63, 3.8) is 0 Å². The van der Waals surface area contributed by atoms with Crippen molar-refractivity contribution < 1.29 is 0 Å². The van der Waals surface area contributed by atoms with Gasteiger partial charge in [-0.05, 0) is 63.5 Å². The van der Waals surface area contributed by atoms with Crippen LogP contribution in [-0.2, 0) is 0 Å². The fourth-order valence-corrected chi connectivity index (χ4v) is 2.91. The Morgan fingerprint density at radius 1 is 1.33 bits per heavy atom. The SMILES string of the molecule is CC1=CCC2=C(C1)C(=C(C)C)CCC2C. The summed E-state index contributed by atoms with van der Waals surface area (Å²) in [4.78, 5) is 0. The number of allylic oxidation sites excluding steroid dienone is 6. The van der Waals surface area contributed by atoms with Gasteiger partial charge in [-0.15, -0.1) is 0 Å². The molecular weight excluding hydrogens is 180 g/mol. The minimum atomic E-state index is 0.812. The molecule has 0 saturated carbocycles. The molecule has 0 N–H and O–H groups in total. The number of hydrogen-bond acceptors (Lipinski definition) is 0. The van der Waals surface area contributed by atoms with E-state index < -0.39 is 0 Å². The van der Waals surface area contributed by atoms with E-state index in [-0.39, 0.29) is 0 Å². The van der Waals surface area contributed by atoms with Crippen LogP contribution in [0.5, 0.6) is 0 Å². The molecule has 0 aromatic carbocycles. The third-order valence-corrected chi connectivity index (χ3v) is 3.90. The maximum atomic E-state index is 2.42. The van der Waals surface area contributed by atoms with Gasteiger partial charge >= 0.3 is 0 Å². The van der Waals surface area contributed by atoms with Crippen molar-refractivity contribution >= 4 is 0 Å². The second kappa shape index (κ2) is 4.00. The van der Waals surface area contributed by atoms with E-state index >= 15 is 0 Å². The fraction of sp³-hybridized carbons (Fsp3) is 0.600. The Labute approximate surface area is 93.8 Å². The van der Waals surface area contributed by atoms with Crippen LogP contribution in [0.4, 0.5) is 0 Å². The molecule has 1 atom stereocenters. The third kappa shape index (κ3) is 1.95. The van der Waals surface area contributed by atoms with Crippen LogP contribution < -0.4 is 0 Å². The smallest absolute Gasteiger partial charge is 0.00673 e. The van der Waals surface area contributed by atoms with Crippen LogP contribution >= 0.6 is 0 Å². The minimum absolute atomic E-state index is 0.812. The van der Waals surface area contributed by atoms with Gasteiger partial charge in [0.1, 0.15) is 0 Å². The molecule has 0 nitrogen and oxygen atoms in total. The van der Waals surface area contributed by atoms with E-state index in [2.05, 4.69) is 33.8 Å². The first-order chi connectivity index (χ1) is 7.09. The van der Waals surface area contributed by atoms with Gasteiger partial charge in [-0.3, -0.25) is 0 Å². The second-order valence-corrected chi connectivity index (χ2v) is 5.35. The monoisotopic (exact) mass is 202 g/mol. The summed E-state index contributed by atoms with van der Waals surface area (Å²) in [5.74, 6) is 0.812. The van der Waals surface area contributed by atoms with Crippen LogP contribution in [0.15, 0.2) is 33.9 Å². The molecule has 0 amide bonds. The maximum Gasteiger partial charge on any atom is -0.00673 e. The van der Waals surface area contributed by atoms with Gasteiger partial charge in [0.25, 0.3) is 0 Å². The lowest BCUT2D eigenvalue weighted by Gasteiger charge is -2.32. The van der Waals surface area contributed by atoms with E-state index in [1.54, 1.807) is 22.3 Å². The van der Waals surface area contributed by atoms with Gasteiger partial charge in [-0.25, -0.2) is 0 Å². The second-order valence-electron chi connectivity index (χ2n) is 5.35. The summed E-state index contributed by atoms with van der Waals surface area (Å²) < 4.78 is 0. The molecule has 2 aliphatic rings. The molecule has 0 aliphatic heterocycles. The first-order valence-electron chi connectivity index (χ1n) is 6.14. The molecule has 0 aromatic heterocycles. The summed E-state index contributed by atoms with van der Waals surface area (Å²) in [5.41, 5.74) is 8.16. The molecule has 0 spiro atoms. The van der Waals surface area contributed by atoms with Gasteiger partial charge in [0.15, 0.2) is 0 Å². The summed E-state index contributed by atoms with van der Waals surface area (Å²) in [5, 5.41) is 0. The molecule has 0 heteroatoms. The Balaban J connectivity index is 2.42. The van der Waals surface area contributed by atoms with Gasteiger partial charge in [-0.1, -0.05) is 29.7 Å². The Morgan fingerprint density at radius 3 is 2.73 bits per heavy atom. The fourth-order valence-electron chi connectivity index (χ4n) is 2.91. The molecule has 0 saturated heterocycles. The lowest BCUT2D eigenvalue weighted by atomic mass is 9.74. The van der Waals surface area contributed by atoms with Crippen molar-refractivity contribution in [2.75, 3.05) is 0 Å². The average Bonchev–Trinajstić information content (AvgIpc) is 2.17. The van der Waals surface area contributed by atoms with Gasteiger partial charge in [0.05, 0.1) is 0 Å². The lowest BCUT2D eigenvalue weighted by Crippen LogP contribution is -2.15. The molecule has 82 valence electrons. The lowest BCUT2D eigenvalue weighted by molar-refractivity contribution is 0.560. The first kappa shape index (κ1) is 10.7. The van der Waals surface area contributed by atoms with Gasteiger partial charge in [0.2, 0.25) is 0 Å². The highest BCUT2D eigenvalue weighted by Crippen LogP contribution is 2.42. The predicted molar refractivity (Wildman–Crippen MR) is 66.8 cm³/mol. The predicted octanol–water partition coefficient (Wildman–Crippen LogP) is 4.79. The Bertz CT molecular complexity index is 359. The summed E-state index contributed by atoms with van der Waals surface area (Å²) in [6.07, 6.45) is 7.49. The third-order valence-electron chi connectivity index (χ3n) is 3.90. The van der Waals surface area contributed by atoms with E-state index in [1.165, 1.54) is 31.3 Å². The minimum Gasteiger partial charge on any atom is -0.0812 e. The van der Waals surface area contributed by atoms with Gasteiger partial charge in [0, 0.05) is 0 Å². The van der Waals surface area contributed by atoms with Crippen LogP contribution in [0, 0.1) is 5.92 Å². The van der Waals surface area contributed by atoms with E-state index in [4.69, 9.17) is 0 Å². The maximum absolute atomic E-state index is 2.42. The number of hydrogen-bond donors (Lipinski definition) is 0. The Kier molecular flexibility index (Phi) is 2.86. The molecule has 0 heterocycles. The molecule has 0 radical (unpaired) electrons. The van der Waals surface area contributed by atoms with Crippen molar-refractivity contribution in [3.05, 3.63) is 33.9 Å². The largest absolute Gasteiger partial charge is 0.0812 e. The highest BCUT2D eigenvalue weighted by molar-refractivity contribution is 5.46. The highest BCUT2D eigenvalue weighted by Gasteiger charge is 2.25. The van der Waals surface area contributed by atoms with Crippen LogP contribution in [-0.4, -0.2) is 0 Å². The zero-order valence-electron chi connectivity index (χ0n) is 10.5. The molecule has 0 aromatic rings. The summed E-state index contributed by atoms with van der Waals surface area (Å²) >= 11 is 0. The molecule has 15 heavy (non-hydrogen) atoms. The molecular formula is C15H22. The van der Waals surface area contributed by atoms with Gasteiger partial charge < -0.3 is 0 Å². The average molecular weight is 202 g/mol. The quantitative estimate of drug-likeness (QED) is 0.495. The van der Waals surface area contributed by atoms with Crippen LogP contribution in [0.2, 0.25) is 0 Å². The Morgan fingerprint density at radius 2 is 2.07 bits per heavy atom. The van der Waals surface area contributed by atoms with Crippen LogP contribution in [0.3, 0.4) is 0 Å². The van der Waals surface area contributed by atoms with Crippen LogP contribution in [0.1, 0.15) is 53.4 Å². The van der Waals surface area contributed by atoms with E-state index in [1.807, 2.05) is 0 Å². The molecule has 0 bridgehead atoms. The zero-order chi connectivity index (χ0) is 11.0. The molecule has 2 rings (SSSR count). The highest BCUT2D eigenvalue weighted by atomic mass is 14.3. The summed E-state index contributed by atoms with van der Waals surface area (Å²) in [6, 6.07) is 0. The normalized spacial score (nSPS) is 26.3. The Hall–Kier alpha value is -0.780.